The first-order chi connectivity index (χ1) is 17.5. The Labute approximate surface area is 211 Å². The van der Waals surface area contributed by atoms with Crippen LogP contribution < -0.4 is 4.31 Å². The Balaban J connectivity index is 1.51. The van der Waals surface area contributed by atoms with Gasteiger partial charge in [-0.2, -0.15) is 5.10 Å². The summed E-state index contributed by atoms with van der Waals surface area (Å²) in [5.74, 6) is -0.842. The molecule has 0 bridgehead atoms. The zero-order valence-corrected chi connectivity index (χ0v) is 20.6. The number of ether oxygens (including phenoxy) is 2. The second kappa shape index (κ2) is 12.5. The summed E-state index contributed by atoms with van der Waals surface area (Å²) in [4.78, 5) is 2.38. The van der Waals surface area contributed by atoms with Crippen LogP contribution in [0.15, 0.2) is 58.7 Å². The molecule has 0 saturated carbocycles. The van der Waals surface area contributed by atoms with E-state index in [1.165, 1.54) is 12.1 Å². The van der Waals surface area contributed by atoms with Gasteiger partial charge in [-0.05, 0) is 50.2 Å². The van der Waals surface area contributed by atoms with E-state index in [1.807, 2.05) is 30.3 Å². The molecule has 0 spiro atoms. The highest BCUT2D eigenvalue weighted by Crippen LogP contribution is 2.27. The normalized spacial score (nSPS) is 18.6. The predicted octanol–water partition coefficient (Wildman–Crippen LogP) is 4.00. The van der Waals surface area contributed by atoms with Gasteiger partial charge in [0.25, 0.3) is 6.43 Å². The lowest BCUT2D eigenvalue weighted by molar-refractivity contribution is -0.0694. The van der Waals surface area contributed by atoms with Crippen LogP contribution in [0.25, 0.3) is 0 Å². The molecule has 1 atom stereocenters. The maximum Gasteiger partial charge on any atom is 0.272 e. The molecule has 4 rings (SSSR count). The molecule has 2 heterocycles. The van der Waals surface area contributed by atoms with Crippen LogP contribution in [-0.4, -0.2) is 72.4 Å². The van der Waals surface area contributed by atoms with Crippen LogP contribution >= 0.6 is 0 Å². The fourth-order valence-corrected chi connectivity index (χ4v) is 5.82. The summed E-state index contributed by atoms with van der Waals surface area (Å²) in [6, 6.07) is 13.9. The number of halogens is 3. The summed E-state index contributed by atoms with van der Waals surface area (Å²) < 4.78 is 66.0. The first-order valence-electron chi connectivity index (χ1n) is 11.7. The SMILES string of the molecule is C=N/N=C(\OCC(F)F)c1ccc(CN(c2ccccc2)S(=O)C2CCN(C3COC3)CC2)c(F)c1. The molecule has 11 heteroatoms. The summed E-state index contributed by atoms with van der Waals surface area (Å²) in [5, 5.41) is 6.87. The fraction of sp³-hybridized carbons (Fsp3) is 0.440. The summed E-state index contributed by atoms with van der Waals surface area (Å²) in [7, 11) is -1.39. The van der Waals surface area contributed by atoms with Crippen LogP contribution in [0.1, 0.15) is 24.0 Å². The first kappa shape index (κ1) is 26.3. The van der Waals surface area contributed by atoms with E-state index >= 15 is 4.39 Å². The van der Waals surface area contributed by atoms with E-state index in [0.717, 1.165) is 50.9 Å². The van der Waals surface area contributed by atoms with E-state index < -0.39 is 29.8 Å². The Kier molecular flexibility index (Phi) is 9.11. The van der Waals surface area contributed by atoms with Gasteiger partial charge in [-0.25, -0.2) is 17.4 Å². The highest BCUT2D eigenvalue weighted by molar-refractivity contribution is 7.87. The van der Waals surface area contributed by atoms with E-state index in [2.05, 4.69) is 21.8 Å². The Morgan fingerprint density at radius 3 is 2.50 bits per heavy atom. The lowest BCUT2D eigenvalue weighted by atomic mass is 10.1. The monoisotopic (exact) mass is 522 g/mol. The predicted molar refractivity (Wildman–Crippen MR) is 134 cm³/mol. The van der Waals surface area contributed by atoms with Gasteiger partial charge in [0.15, 0.2) is 6.61 Å². The van der Waals surface area contributed by atoms with Gasteiger partial charge in [0, 0.05) is 23.5 Å². The summed E-state index contributed by atoms with van der Waals surface area (Å²) in [5.41, 5.74) is 1.19. The van der Waals surface area contributed by atoms with Crippen molar-refractivity contribution in [3.8, 4) is 0 Å². The van der Waals surface area contributed by atoms with Gasteiger partial charge in [-0.15, -0.1) is 5.10 Å². The van der Waals surface area contributed by atoms with Crippen molar-refractivity contribution < 1.29 is 26.9 Å². The molecule has 7 nitrogen and oxygen atoms in total. The number of hydrogen-bond acceptors (Lipinski definition) is 6. The van der Waals surface area contributed by atoms with Gasteiger partial charge >= 0.3 is 0 Å². The first-order valence-corrected chi connectivity index (χ1v) is 12.9. The minimum absolute atomic E-state index is 0.0510. The van der Waals surface area contributed by atoms with Crippen molar-refractivity contribution in [1.29, 1.82) is 0 Å². The van der Waals surface area contributed by atoms with E-state index in [9.17, 15) is 13.0 Å². The number of alkyl halides is 2. The zero-order valence-electron chi connectivity index (χ0n) is 19.8. The van der Waals surface area contributed by atoms with E-state index in [4.69, 9.17) is 9.47 Å². The summed E-state index contributed by atoms with van der Waals surface area (Å²) in [6.07, 6.45) is -1.15. The molecule has 0 aliphatic carbocycles. The topological polar surface area (TPSA) is 66.7 Å². The summed E-state index contributed by atoms with van der Waals surface area (Å²) >= 11 is 0. The molecule has 0 aromatic heterocycles. The Bertz CT molecular complexity index is 1080. The molecular formula is C25H29F3N4O3S. The summed E-state index contributed by atoms with van der Waals surface area (Å²) in [6.45, 7) is 5.59. The van der Waals surface area contributed by atoms with Crippen LogP contribution in [0.4, 0.5) is 18.9 Å². The van der Waals surface area contributed by atoms with Crippen molar-refractivity contribution in [1.82, 2.24) is 4.90 Å². The lowest BCUT2D eigenvalue weighted by Gasteiger charge is -2.42. The Morgan fingerprint density at radius 1 is 1.19 bits per heavy atom. The third-order valence-corrected chi connectivity index (χ3v) is 8.10. The maximum absolute atomic E-state index is 15.2. The number of para-hydroxylation sites is 1. The average Bonchev–Trinajstić information content (AvgIpc) is 2.85. The van der Waals surface area contributed by atoms with Gasteiger partial charge in [-0.3, -0.25) is 9.21 Å². The van der Waals surface area contributed by atoms with Crippen LogP contribution in [-0.2, 0) is 27.0 Å². The molecule has 2 aromatic rings. The number of hydrogen-bond donors (Lipinski definition) is 0. The smallest absolute Gasteiger partial charge is 0.272 e. The molecular weight excluding hydrogens is 493 g/mol. The highest BCUT2D eigenvalue weighted by Gasteiger charge is 2.33. The van der Waals surface area contributed by atoms with Crippen molar-refractivity contribution in [2.75, 3.05) is 37.2 Å². The Morgan fingerprint density at radius 2 is 1.92 bits per heavy atom. The molecule has 0 radical (unpaired) electrons. The Hall–Kier alpha value is -2.76. The van der Waals surface area contributed by atoms with Gasteiger partial charge in [0.1, 0.15) is 16.8 Å². The van der Waals surface area contributed by atoms with E-state index in [0.29, 0.717) is 11.6 Å². The number of rotatable bonds is 10. The average molecular weight is 523 g/mol. The molecule has 194 valence electrons. The minimum Gasteiger partial charge on any atom is -0.470 e. The quantitative estimate of drug-likeness (QED) is 0.269. The number of nitrogens with zero attached hydrogens (tertiary/aromatic N) is 4. The molecule has 2 aliphatic rings. The van der Waals surface area contributed by atoms with Gasteiger partial charge in [0.2, 0.25) is 5.90 Å². The highest BCUT2D eigenvalue weighted by atomic mass is 32.2. The van der Waals surface area contributed by atoms with Crippen molar-refractivity contribution in [3.63, 3.8) is 0 Å². The molecule has 2 saturated heterocycles. The zero-order chi connectivity index (χ0) is 25.5. The molecule has 0 N–H and O–H groups in total. The van der Waals surface area contributed by atoms with Crippen molar-refractivity contribution in [2.45, 2.75) is 37.1 Å². The molecule has 2 aromatic carbocycles. The van der Waals surface area contributed by atoms with Crippen LogP contribution in [0, 0.1) is 5.82 Å². The van der Waals surface area contributed by atoms with Crippen LogP contribution in [0.3, 0.4) is 0 Å². The molecule has 36 heavy (non-hydrogen) atoms. The van der Waals surface area contributed by atoms with Crippen molar-refractivity contribution in [2.24, 2.45) is 10.2 Å². The second-order valence-electron chi connectivity index (χ2n) is 8.63. The largest absolute Gasteiger partial charge is 0.470 e. The maximum atomic E-state index is 15.2. The standard InChI is InChI=1S/C25H29F3N4O3S/c1-29-30-25(35-17-24(27)28)18-7-8-19(23(26)13-18)14-32(20-5-3-2-4-6-20)36(33)22-9-11-31(12-10-22)21-15-34-16-21/h2-8,13,21-22,24H,1,9-12,14-17H2/b30-25-. The third-order valence-electron chi connectivity index (χ3n) is 6.28. The number of anilines is 1. The third kappa shape index (κ3) is 6.51. The lowest BCUT2D eigenvalue weighted by Crippen LogP contribution is -2.53. The number of piperidine rings is 1. The second-order valence-corrected chi connectivity index (χ2v) is 10.3. The molecule has 2 fully saturated rings. The van der Waals surface area contributed by atoms with Gasteiger partial charge in [0.05, 0.1) is 31.1 Å². The van der Waals surface area contributed by atoms with Crippen LogP contribution in [0.2, 0.25) is 0 Å². The number of benzene rings is 2. The number of likely N-dealkylation sites (tertiary alicyclic amines) is 1. The molecule has 2 aliphatic heterocycles. The van der Waals surface area contributed by atoms with E-state index in [-0.39, 0.29) is 23.3 Å². The molecule has 0 amide bonds. The van der Waals surface area contributed by atoms with Crippen LogP contribution in [0.5, 0.6) is 0 Å². The van der Waals surface area contributed by atoms with Crippen molar-refractivity contribution >= 4 is 29.3 Å². The van der Waals surface area contributed by atoms with E-state index in [1.54, 1.807) is 4.31 Å². The van der Waals surface area contributed by atoms with Crippen molar-refractivity contribution in [3.05, 3.63) is 65.5 Å². The molecule has 1 unspecified atom stereocenters. The fourth-order valence-electron chi connectivity index (χ4n) is 4.25. The van der Waals surface area contributed by atoms with Gasteiger partial charge < -0.3 is 9.47 Å². The minimum atomic E-state index is -2.72. The van der Waals surface area contributed by atoms with Gasteiger partial charge in [-0.1, -0.05) is 24.3 Å².